The lowest BCUT2D eigenvalue weighted by molar-refractivity contribution is -0.0162. The van der Waals surface area contributed by atoms with Gasteiger partial charge in [0.1, 0.15) is 0 Å². The van der Waals surface area contributed by atoms with Crippen LogP contribution in [0.3, 0.4) is 0 Å². The number of benzene rings is 1. The summed E-state index contributed by atoms with van der Waals surface area (Å²) >= 11 is 0. The van der Waals surface area contributed by atoms with Gasteiger partial charge in [0.2, 0.25) is 5.89 Å². The minimum absolute atomic E-state index is 0.123. The second-order valence-electron chi connectivity index (χ2n) is 6.34. The van der Waals surface area contributed by atoms with Crippen LogP contribution in [0.1, 0.15) is 53.7 Å². The molecule has 1 amide bonds. The van der Waals surface area contributed by atoms with E-state index in [-0.39, 0.29) is 11.8 Å². The van der Waals surface area contributed by atoms with Crippen molar-refractivity contribution in [3.8, 4) is 11.5 Å². The average molecular weight is 329 g/mol. The van der Waals surface area contributed by atoms with E-state index in [1.807, 2.05) is 6.92 Å². The molecule has 0 unspecified atom stereocenters. The van der Waals surface area contributed by atoms with Gasteiger partial charge in [0.05, 0.1) is 12.7 Å². The zero-order chi connectivity index (χ0) is 16.7. The molecule has 0 radical (unpaired) electrons. The quantitative estimate of drug-likeness (QED) is 0.911. The van der Waals surface area contributed by atoms with Gasteiger partial charge in [-0.25, -0.2) is 0 Å². The summed E-state index contributed by atoms with van der Waals surface area (Å²) in [4.78, 5) is 16.8. The number of carbonyl (C=O) groups excluding carboxylic acids is 1. The molecule has 4 rings (SSSR count). The number of ether oxygens (including phenoxy) is 2. The Bertz CT molecular complexity index is 778. The van der Waals surface area contributed by atoms with E-state index in [0.717, 1.165) is 12.8 Å². The molecule has 2 aliphatic rings. The molecule has 1 N–H and O–H groups in total. The second-order valence-corrected chi connectivity index (χ2v) is 6.34. The van der Waals surface area contributed by atoms with Crippen molar-refractivity contribution in [2.24, 2.45) is 0 Å². The van der Waals surface area contributed by atoms with Gasteiger partial charge in [0.25, 0.3) is 5.91 Å². The maximum absolute atomic E-state index is 12.5. The fourth-order valence-electron chi connectivity index (χ4n) is 3.49. The fourth-order valence-corrected chi connectivity index (χ4v) is 3.49. The number of para-hydroxylation sites is 1. The van der Waals surface area contributed by atoms with Crippen molar-refractivity contribution in [2.45, 2.75) is 44.2 Å². The van der Waals surface area contributed by atoms with Gasteiger partial charge in [-0.1, -0.05) is 11.2 Å². The van der Waals surface area contributed by atoms with Gasteiger partial charge in [-0.3, -0.25) is 4.79 Å². The average Bonchev–Trinajstić information content (AvgIpc) is 3.01. The normalized spacial score (nSPS) is 25.8. The maximum Gasteiger partial charge on any atom is 0.258 e. The molecular weight excluding hydrogens is 310 g/mol. The molecule has 0 atom stereocenters. The summed E-state index contributed by atoms with van der Waals surface area (Å²) in [7, 11) is 1.58. The highest BCUT2D eigenvalue weighted by Crippen LogP contribution is 2.44. The summed E-state index contributed by atoms with van der Waals surface area (Å²) in [5, 5.41) is 6.89. The minimum Gasteiger partial charge on any atom is -0.493 e. The van der Waals surface area contributed by atoms with Crippen molar-refractivity contribution >= 4 is 5.91 Å². The van der Waals surface area contributed by atoms with E-state index in [4.69, 9.17) is 14.0 Å². The number of nitrogens with zero attached hydrogens (tertiary/aromatic N) is 2. The Hall–Kier alpha value is -2.57. The van der Waals surface area contributed by atoms with E-state index < -0.39 is 5.72 Å². The molecule has 1 fully saturated rings. The van der Waals surface area contributed by atoms with E-state index in [0.29, 0.717) is 41.6 Å². The third-order valence-electron chi connectivity index (χ3n) is 4.77. The largest absolute Gasteiger partial charge is 0.493 e. The van der Waals surface area contributed by atoms with E-state index in [1.54, 1.807) is 25.3 Å². The van der Waals surface area contributed by atoms with Gasteiger partial charge in [-0.2, -0.15) is 4.98 Å². The number of carbonyl (C=O) groups is 1. The van der Waals surface area contributed by atoms with Crippen LogP contribution in [0.25, 0.3) is 0 Å². The Labute approximate surface area is 139 Å². The van der Waals surface area contributed by atoms with Crippen LogP contribution >= 0.6 is 0 Å². The number of hydrogen-bond acceptors (Lipinski definition) is 6. The van der Waals surface area contributed by atoms with Crippen LogP contribution in [0, 0.1) is 6.92 Å². The van der Waals surface area contributed by atoms with Gasteiger partial charge in [0, 0.05) is 18.8 Å². The van der Waals surface area contributed by atoms with Gasteiger partial charge < -0.3 is 19.3 Å². The Morgan fingerprint density at radius 2 is 2.12 bits per heavy atom. The molecule has 1 aliphatic carbocycles. The molecule has 7 nitrogen and oxygen atoms in total. The molecule has 0 bridgehead atoms. The summed E-state index contributed by atoms with van der Waals surface area (Å²) in [6.07, 6.45) is 2.99. The van der Waals surface area contributed by atoms with Crippen molar-refractivity contribution in [2.75, 3.05) is 7.11 Å². The SMILES string of the molecule is COc1cccc2c1OC1(CCC(c3nc(C)no3)CC1)NC2=O. The maximum atomic E-state index is 12.5. The molecule has 2 aromatic rings. The van der Waals surface area contributed by atoms with Gasteiger partial charge >= 0.3 is 0 Å². The first-order chi connectivity index (χ1) is 11.6. The lowest BCUT2D eigenvalue weighted by Gasteiger charge is -2.43. The molecule has 1 aliphatic heterocycles. The van der Waals surface area contributed by atoms with Gasteiger partial charge in [-0.05, 0) is 31.9 Å². The Morgan fingerprint density at radius 1 is 1.33 bits per heavy atom. The van der Waals surface area contributed by atoms with E-state index >= 15 is 0 Å². The molecule has 126 valence electrons. The van der Waals surface area contributed by atoms with Crippen molar-refractivity contribution in [3.05, 3.63) is 35.5 Å². The predicted octanol–water partition coefficient (Wildman–Crippen LogP) is 2.56. The molecule has 1 spiro atoms. The highest BCUT2D eigenvalue weighted by molar-refractivity contribution is 5.99. The number of aromatic nitrogens is 2. The van der Waals surface area contributed by atoms with Gasteiger partial charge in [-0.15, -0.1) is 0 Å². The van der Waals surface area contributed by atoms with Crippen molar-refractivity contribution in [1.82, 2.24) is 15.5 Å². The highest BCUT2D eigenvalue weighted by atomic mass is 16.5. The van der Waals surface area contributed by atoms with Crippen LogP contribution in [0.2, 0.25) is 0 Å². The number of fused-ring (bicyclic) bond motifs is 1. The fraction of sp³-hybridized carbons (Fsp3) is 0.471. The zero-order valence-corrected chi connectivity index (χ0v) is 13.7. The Morgan fingerprint density at radius 3 is 2.79 bits per heavy atom. The summed E-state index contributed by atoms with van der Waals surface area (Å²) in [5.41, 5.74) is -0.181. The summed E-state index contributed by atoms with van der Waals surface area (Å²) in [6.45, 7) is 1.81. The van der Waals surface area contributed by atoms with E-state index in [2.05, 4.69) is 15.5 Å². The van der Waals surface area contributed by atoms with Crippen molar-refractivity contribution < 1.29 is 18.8 Å². The highest BCUT2D eigenvalue weighted by Gasteiger charge is 2.44. The molecule has 7 heteroatoms. The Kier molecular flexibility index (Phi) is 3.44. The number of amides is 1. The van der Waals surface area contributed by atoms with Crippen molar-refractivity contribution in [1.29, 1.82) is 0 Å². The molecule has 0 saturated heterocycles. The first kappa shape index (κ1) is 15.0. The summed E-state index contributed by atoms with van der Waals surface area (Å²) in [6, 6.07) is 5.33. The number of hydrogen-bond donors (Lipinski definition) is 1. The molecule has 2 heterocycles. The number of aryl methyl sites for hydroxylation is 1. The third-order valence-corrected chi connectivity index (χ3v) is 4.77. The lowest BCUT2D eigenvalue weighted by atomic mass is 9.82. The number of nitrogens with one attached hydrogen (secondary N) is 1. The van der Waals surface area contributed by atoms with Crippen LogP contribution in [0.5, 0.6) is 11.5 Å². The predicted molar refractivity (Wildman–Crippen MR) is 84.1 cm³/mol. The van der Waals surface area contributed by atoms with Crippen molar-refractivity contribution in [3.63, 3.8) is 0 Å². The molecule has 24 heavy (non-hydrogen) atoms. The van der Waals surface area contributed by atoms with E-state index in [1.165, 1.54) is 0 Å². The zero-order valence-electron chi connectivity index (χ0n) is 13.7. The molecule has 1 saturated carbocycles. The summed E-state index contributed by atoms with van der Waals surface area (Å²) < 4.78 is 16.9. The first-order valence-electron chi connectivity index (χ1n) is 8.09. The topological polar surface area (TPSA) is 86.5 Å². The monoisotopic (exact) mass is 329 g/mol. The first-order valence-corrected chi connectivity index (χ1v) is 8.09. The van der Waals surface area contributed by atoms with E-state index in [9.17, 15) is 4.79 Å². The Balaban J connectivity index is 1.56. The number of methoxy groups -OCH3 is 1. The third kappa shape index (κ3) is 2.40. The van der Waals surface area contributed by atoms with Crippen LogP contribution in [-0.2, 0) is 0 Å². The van der Waals surface area contributed by atoms with Gasteiger partial charge in [0.15, 0.2) is 23.0 Å². The van der Waals surface area contributed by atoms with Crippen LogP contribution in [0.15, 0.2) is 22.7 Å². The second kappa shape index (κ2) is 5.51. The summed E-state index contributed by atoms with van der Waals surface area (Å²) in [5.74, 6) is 2.50. The van der Waals surface area contributed by atoms with Crippen LogP contribution in [-0.4, -0.2) is 28.9 Å². The number of rotatable bonds is 2. The molecule has 1 aromatic heterocycles. The minimum atomic E-state index is -0.690. The van der Waals surface area contributed by atoms with Crippen LogP contribution < -0.4 is 14.8 Å². The molecular formula is C17H19N3O4. The smallest absolute Gasteiger partial charge is 0.258 e. The molecule has 1 aromatic carbocycles. The lowest BCUT2D eigenvalue weighted by Crippen LogP contribution is -2.57. The van der Waals surface area contributed by atoms with Crippen LogP contribution in [0.4, 0.5) is 0 Å². The standard InChI is InChI=1S/C17H19N3O4/c1-10-18-16(24-20-10)11-6-8-17(9-7-11)19-15(21)12-4-3-5-13(22-2)14(12)23-17/h3-5,11H,6-9H2,1-2H3,(H,19,21).